The predicted molar refractivity (Wildman–Crippen MR) is 91.2 cm³/mol. The summed E-state index contributed by atoms with van der Waals surface area (Å²) in [5.41, 5.74) is 0.471. The Morgan fingerprint density at radius 2 is 2.08 bits per heavy atom. The lowest BCUT2D eigenvalue weighted by Crippen LogP contribution is -2.31. The molecule has 2 aromatic rings. The highest BCUT2D eigenvalue weighted by Gasteiger charge is 2.17. The van der Waals surface area contributed by atoms with E-state index >= 15 is 0 Å². The van der Waals surface area contributed by atoms with Gasteiger partial charge in [0.25, 0.3) is 11.5 Å². The lowest BCUT2D eigenvalue weighted by Gasteiger charge is -2.11. The second-order valence-corrected chi connectivity index (χ2v) is 6.20. The molecule has 0 spiro atoms. The van der Waals surface area contributed by atoms with Gasteiger partial charge >= 0.3 is 0 Å². The van der Waals surface area contributed by atoms with Gasteiger partial charge in [-0.05, 0) is 37.1 Å². The maximum absolute atomic E-state index is 12.1. The van der Waals surface area contributed by atoms with Gasteiger partial charge in [0.2, 0.25) is 0 Å². The molecule has 6 nitrogen and oxygen atoms in total. The average molecular weight is 368 g/mol. The van der Waals surface area contributed by atoms with Crippen molar-refractivity contribution in [2.75, 3.05) is 13.2 Å². The topological polar surface area (TPSA) is 73.2 Å². The molecule has 1 fully saturated rings. The Balaban J connectivity index is 1.72. The third kappa shape index (κ3) is 3.61. The summed E-state index contributed by atoms with van der Waals surface area (Å²) >= 11 is 11.6. The number of benzene rings is 1. The molecule has 1 aliphatic heterocycles. The Bertz CT molecular complexity index is 799. The number of carbonyl (C=O) groups excluding carboxylic acids is 1. The molecule has 24 heavy (non-hydrogen) atoms. The summed E-state index contributed by atoms with van der Waals surface area (Å²) in [6, 6.07) is 6.49. The summed E-state index contributed by atoms with van der Waals surface area (Å²) in [4.78, 5) is 24.2. The number of nitrogens with zero attached hydrogens (tertiary/aromatic N) is 2. The van der Waals surface area contributed by atoms with Crippen LogP contribution in [0.3, 0.4) is 0 Å². The fourth-order valence-electron chi connectivity index (χ4n) is 2.46. The van der Waals surface area contributed by atoms with Crippen LogP contribution in [0.5, 0.6) is 0 Å². The molecule has 0 aliphatic carbocycles. The number of hydrogen-bond donors (Lipinski definition) is 1. The van der Waals surface area contributed by atoms with E-state index in [-0.39, 0.29) is 22.1 Å². The van der Waals surface area contributed by atoms with Crippen LogP contribution in [-0.4, -0.2) is 34.9 Å². The molecule has 2 heterocycles. The zero-order valence-electron chi connectivity index (χ0n) is 12.7. The van der Waals surface area contributed by atoms with Crippen molar-refractivity contribution < 1.29 is 9.53 Å². The molecule has 1 aromatic heterocycles. The van der Waals surface area contributed by atoms with Gasteiger partial charge < -0.3 is 10.1 Å². The Kier molecular flexibility index (Phi) is 5.18. The minimum Gasteiger partial charge on any atom is -0.376 e. The monoisotopic (exact) mass is 367 g/mol. The van der Waals surface area contributed by atoms with E-state index in [4.69, 9.17) is 27.9 Å². The number of carbonyl (C=O) groups is 1. The van der Waals surface area contributed by atoms with Crippen molar-refractivity contribution in [3.8, 4) is 5.69 Å². The van der Waals surface area contributed by atoms with Crippen molar-refractivity contribution in [1.29, 1.82) is 0 Å². The average Bonchev–Trinajstić information content (AvgIpc) is 3.11. The highest BCUT2D eigenvalue weighted by Crippen LogP contribution is 2.16. The van der Waals surface area contributed by atoms with Crippen LogP contribution >= 0.6 is 23.2 Å². The first-order chi connectivity index (χ1) is 11.6. The highest BCUT2D eigenvalue weighted by atomic mass is 35.5. The van der Waals surface area contributed by atoms with Gasteiger partial charge in [-0.3, -0.25) is 9.59 Å². The molecule has 1 N–H and O–H groups in total. The van der Waals surface area contributed by atoms with Gasteiger partial charge in [0.05, 0.1) is 23.0 Å². The Morgan fingerprint density at radius 3 is 2.75 bits per heavy atom. The molecule has 1 aliphatic rings. The van der Waals surface area contributed by atoms with Crippen molar-refractivity contribution in [3.63, 3.8) is 0 Å². The highest BCUT2D eigenvalue weighted by molar-refractivity contribution is 6.41. The molecule has 1 saturated heterocycles. The predicted octanol–water partition coefficient (Wildman–Crippen LogP) is 2.45. The first-order valence-corrected chi connectivity index (χ1v) is 8.25. The van der Waals surface area contributed by atoms with Crippen molar-refractivity contribution >= 4 is 29.1 Å². The van der Waals surface area contributed by atoms with Gasteiger partial charge in [0.1, 0.15) is 5.02 Å². The van der Waals surface area contributed by atoms with Crippen molar-refractivity contribution in [2.45, 2.75) is 18.9 Å². The fourth-order valence-corrected chi connectivity index (χ4v) is 2.72. The lowest BCUT2D eigenvalue weighted by molar-refractivity contribution is 0.0858. The fraction of sp³-hybridized carbons (Fsp3) is 0.312. The molecule has 8 heteroatoms. The third-order valence-electron chi connectivity index (χ3n) is 3.76. The molecular weight excluding hydrogens is 353 g/mol. The maximum atomic E-state index is 12.1. The molecule has 126 valence electrons. The largest absolute Gasteiger partial charge is 0.376 e. The zero-order valence-corrected chi connectivity index (χ0v) is 14.2. The number of halogens is 2. The van der Waals surface area contributed by atoms with Gasteiger partial charge in [-0.15, -0.1) is 0 Å². The first-order valence-electron chi connectivity index (χ1n) is 7.50. The maximum Gasteiger partial charge on any atom is 0.291 e. The van der Waals surface area contributed by atoms with E-state index in [0.717, 1.165) is 24.1 Å². The summed E-state index contributed by atoms with van der Waals surface area (Å²) in [6.45, 7) is 1.25. The van der Waals surface area contributed by atoms with E-state index < -0.39 is 5.56 Å². The van der Waals surface area contributed by atoms with E-state index in [1.54, 1.807) is 24.3 Å². The van der Waals surface area contributed by atoms with Crippen LogP contribution < -0.4 is 10.9 Å². The van der Waals surface area contributed by atoms with E-state index in [1.807, 2.05) is 0 Å². The third-order valence-corrected chi connectivity index (χ3v) is 4.51. The Hall–Kier alpha value is -1.89. The summed E-state index contributed by atoms with van der Waals surface area (Å²) in [6.07, 6.45) is 3.38. The van der Waals surface area contributed by atoms with Gasteiger partial charge in [-0.2, -0.15) is 9.78 Å². The zero-order chi connectivity index (χ0) is 17.1. The van der Waals surface area contributed by atoms with Gasteiger partial charge in [0, 0.05) is 18.7 Å². The number of nitrogens with one attached hydrogen (secondary N) is 1. The molecule has 1 atom stereocenters. The first kappa shape index (κ1) is 17.0. The smallest absolute Gasteiger partial charge is 0.291 e. The summed E-state index contributed by atoms with van der Waals surface area (Å²) < 4.78 is 6.59. The Morgan fingerprint density at radius 1 is 1.33 bits per heavy atom. The van der Waals surface area contributed by atoms with Gasteiger partial charge in [0.15, 0.2) is 0 Å². The van der Waals surface area contributed by atoms with E-state index in [1.165, 1.54) is 6.20 Å². The molecule has 1 unspecified atom stereocenters. The molecule has 1 amide bonds. The number of ether oxygens (including phenoxy) is 1. The van der Waals surface area contributed by atoms with Crippen molar-refractivity contribution in [3.05, 3.63) is 56.4 Å². The second-order valence-electron chi connectivity index (χ2n) is 5.42. The van der Waals surface area contributed by atoms with Crippen LogP contribution in [0.25, 0.3) is 5.69 Å². The standard InChI is InChI=1S/C16H15Cl2N3O3/c17-13-9-20-21(16(23)14(13)18)11-5-3-10(4-6-11)15(22)19-8-12-2-1-7-24-12/h3-6,9,12H,1-2,7-8H2,(H,19,22). The van der Waals surface area contributed by atoms with Crippen LogP contribution in [0.4, 0.5) is 0 Å². The quantitative estimate of drug-likeness (QED) is 0.900. The second kappa shape index (κ2) is 7.34. The van der Waals surface area contributed by atoms with Crippen LogP contribution in [0.15, 0.2) is 35.3 Å². The number of aromatic nitrogens is 2. The molecule has 3 rings (SSSR count). The molecule has 0 bridgehead atoms. The number of amides is 1. The summed E-state index contributed by atoms with van der Waals surface area (Å²) in [5.74, 6) is -0.188. The molecule has 1 aromatic carbocycles. The number of hydrogen-bond acceptors (Lipinski definition) is 4. The summed E-state index contributed by atoms with van der Waals surface area (Å²) in [7, 11) is 0. The SMILES string of the molecule is O=C(NCC1CCCO1)c1ccc(-n2ncc(Cl)c(Cl)c2=O)cc1. The van der Waals surface area contributed by atoms with Gasteiger partial charge in [-0.25, -0.2) is 0 Å². The molecule has 0 radical (unpaired) electrons. The van der Waals surface area contributed by atoms with Crippen LogP contribution in [-0.2, 0) is 4.74 Å². The van der Waals surface area contributed by atoms with Crippen molar-refractivity contribution in [1.82, 2.24) is 15.1 Å². The van der Waals surface area contributed by atoms with Crippen LogP contribution in [0, 0.1) is 0 Å². The van der Waals surface area contributed by atoms with Crippen LogP contribution in [0.2, 0.25) is 10.0 Å². The normalized spacial score (nSPS) is 17.0. The number of rotatable bonds is 4. The van der Waals surface area contributed by atoms with E-state index in [0.29, 0.717) is 17.8 Å². The van der Waals surface area contributed by atoms with E-state index in [9.17, 15) is 9.59 Å². The van der Waals surface area contributed by atoms with Crippen molar-refractivity contribution in [2.24, 2.45) is 0 Å². The van der Waals surface area contributed by atoms with Crippen LogP contribution in [0.1, 0.15) is 23.2 Å². The Labute approximate surface area is 148 Å². The minimum absolute atomic E-state index is 0.0900. The lowest BCUT2D eigenvalue weighted by atomic mass is 10.2. The summed E-state index contributed by atoms with van der Waals surface area (Å²) in [5, 5.41) is 6.79. The van der Waals surface area contributed by atoms with E-state index in [2.05, 4.69) is 10.4 Å². The molecule has 0 saturated carbocycles. The molecular formula is C16H15Cl2N3O3. The van der Waals surface area contributed by atoms with Gasteiger partial charge in [-0.1, -0.05) is 23.2 Å². The minimum atomic E-state index is -0.514.